The van der Waals surface area contributed by atoms with Gasteiger partial charge in [-0.05, 0) is 50.2 Å². The standard InChI is InChI=1S/C13H17F2NO/c1-17-12-4-2-10(3-5-12)13(14,15)11-6-8-16-9-7-11/h2-5,11,16H,6-9H2,1H3. The molecule has 1 aliphatic rings. The van der Waals surface area contributed by atoms with Gasteiger partial charge in [-0.15, -0.1) is 0 Å². The maximum absolute atomic E-state index is 14.2. The summed E-state index contributed by atoms with van der Waals surface area (Å²) >= 11 is 0. The average molecular weight is 241 g/mol. The van der Waals surface area contributed by atoms with E-state index in [-0.39, 0.29) is 5.56 Å². The minimum atomic E-state index is -2.74. The molecule has 0 bridgehead atoms. The van der Waals surface area contributed by atoms with Gasteiger partial charge in [0.25, 0.3) is 5.92 Å². The Morgan fingerprint density at radius 1 is 1.18 bits per heavy atom. The SMILES string of the molecule is COc1ccc(C(F)(F)C2CCNCC2)cc1. The highest BCUT2D eigenvalue weighted by Crippen LogP contribution is 2.40. The summed E-state index contributed by atoms with van der Waals surface area (Å²) in [5.74, 6) is -2.69. The van der Waals surface area contributed by atoms with Crippen molar-refractivity contribution in [3.05, 3.63) is 29.8 Å². The molecule has 4 heteroatoms. The van der Waals surface area contributed by atoms with Crippen molar-refractivity contribution in [1.82, 2.24) is 5.32 Å². The Hall–Kier alpha value is -1.16. The minimum absolute atomic E-state index is 0.0881. The maximum Gasteiger partial charge on any atom is 0.276 e. The van der Waals surface area contributed by atoms with Gasteiger partial charge in [-0.1, -0.05) is 0 Å². The van der Waals surface area contributed by atoms with Gasteiger partial charge in [0.2, 0.25) is 0 Å². The van der Waals surface area contributed by atoms with Crippen molar-refractivity contribution < 1.29 is 13.5 Å². The molecule has 2 nitrogen and oxygen atoms in total. The highest BCUT2D eigenvalue weighted by Gasteiger charge is 2.41. The van der Waals surface area contributed by atoms with E-state index in [1.165, 1.54) is 19.2 Å². The minimum Gasteiger partial charge on any atom is -0.497 e. The van der Waals surface area contributed by atoms with Crippen LogP contribution in [0.15, 0.2) is 24.3 Å². The fourth-order valence-corrected chi connectivity index (χ4v) is 2.23. The van der Waals surface area contributed by atoms with E-state index in [1.807, 2.05) is 0 Å². The third-order valence-electron chi connectivity index (χ3n) is 3.33. The molecule has 1 aliphatic heterocycles. The van der Waals surface area contributed by atoms with Crippen LogP contribution in [0, 0.1) is 5.92 Å². The Kier molecular flexibility index (Phi) is 3.62. The largest absolute Gasteiger partial charge is 0.497 e. The second kappa shape index (κ2) is 5.00. The molecular formula is C13H17F2NO. The Bertz CT molecular complexity index is 358. The first kappa shape index (κ1) is 12.3. The Morgan fingerprint density at radius 3 is 2.29 bits per heavy atom. The van der Waals surface area contributed by atoms with Crippen molar-refractivity contribution in [2.24, 2.45) is 5.92 Å². The van der Waals surface area contributed by atoms with E-state index in [4.69, 9.17) is 4.74 Å². The molecule has 1 aromatic carbocycles. The highest BCUT2D eigenvalue weighted by atomic mass is 19.3. The van der Waals surface area contributed by atoms with Gasteiger partial charge in [0, 0.05) is 11.5 Å². The van der Waals surface area contributed by atoms with Crippen LogP contribution in [0.3, 0.4) is 0 Å². The van der Waals surface area contributed by atoms with E-state index >= 15 is 0 Å². The van der Waals surface area contributed by atoms with Crippen LogP contribution in [-0.2, 0) is 5.92 Å². The summed E-state index contributed by atoms with van der Waals surface area (Å²) < 4.78 is 33.4. The smallest absolute Gasteiger partial charge is 0.276 e. The van der Waals surface area contributed by atoms with Crippen molar-refractivity contribution in [2.75, 3.05) is 20.2 Å². The average Bonchev–Trinajstić information content (AvgIpc) is 2.40. The highest BCUT2D eigenvalue weighted by molar-refractivity contribution is 5.30. The monoisotopic (exact) mass is 241 g/mol. The molecule has 17 heavy (non-hydrogen) atoms. The number of ether oxygens (including phenoxy) is 1. The normalized spacial score (nSPS) is 18.1. The lowest BCUT2D eigenvalue weighted by Gasteiger charge is -2.30. The van der Waals surface area contributed by atoms with Gasteiger partial charge in [0.1, 0.15) is 5.75 Å². The van der Waals surface area contributed by atoms with Gasteiger partial charge >= 0.3 is 0 Å². The van der Waals surface area contributed by atoms with E-state index in [0.29, 0.717) is 31.7 Å². The number of benzene rings is 1. The molecule has 0 amide bonds. The topological polar surface area (TPSA) is 21.3 Å². The molecule has 0 aliphatic carbocycles. The van der Waals surface area contributed by atoms with Crippen LogP contribution >= 0.6 is 0 Å². The zero-order chi connectivity index (χ0) is 12.3. The van der Waals surface area contributed by atoms with Crippen LogP contribution in [0.4, 0.5) is 8.78 Å². The van der Waals surface area contributed by atoms with Crippen LogP contribution < -0.4 is 10.1 Å². The number of methoxy groups -OCH3 is 1. The number of alkyl halides is 2. The van der Waals surface area contributed by atoms with Crippen LogP contribution in [0.5, 0.6) is 5.75 Å². The van der Waals surface area contributed by atoms with Crippen LogP contribution in [0.1, 0.15) is 18.4 Å². The Labute approximate surface area is 100.0 Å². The Balaban J connectivity index is 2.17. The van der Waals surface area contributed by atoms with E-state index in [1.54, 1.807) is 12.1 Å². The first-order chi connectivity index (χ1) is 8.14. The van der Waals surface area contributed by atoms with Crippen molar-refractivity contribution in [3.63, 3.8) is 0 Å². The number of nitrogens with one attached hydrogen (secondary N) is 1. The number of halogens is 2. The van der Waals surface area contributed by atoms with Crippen molar-refractivity contribution in [3.8, 4) is 5.75 Å². The molecular weight excluding hydrogens is 224 g/mol. The van der Waals surface area contributed by atoms with Crippen molar-refractivity contribution >= 4 is 0 Å². The van der Waals surface area contributed by atoms with Gasteiger partial charge in [-0.25, -0.2) is 8.78 Å². The van der Waals surface area contributed by atoms with Gasteiger partial charge in [0.05, 0.1) is 7.11 Å². The molecule has 0 aromatic heterocycles. The van der Waals surface area contributed by atoms with Gasteiger partial charge in [-0.3, -0.25) is 0 Å². The summed E-state index contributed by atoms with van der Waals surface area (Å²) in [6, 6.07) is 6.09. The van der Waals surface area contributed by atoms with Crippen LogP contribution in [0.2, 0.25) is 0 Å². The molecule has 0 spiro atoms. The molecule has 94 valence electrons. The number of hydrogen-bond acceptors (Lipinski definition) is 2. The number of piperidine rings is 1. The van der Waals surface area contributed by atoms with Gasteiger partial charge in [-0.2, -0.15) is 0 Å². The third kappa shape index (κ3) is 2.57. The van der Waals surface area contributed by atoms with E-state index in [2.05, 4.69) is 5.32 Å². The predicted molar refractivity (Wildman–Crippen MR) is 62.5 cm³/mol. The number of rotatable bonds is 3. The second-order valence-corrected chi connectivity index (χ2v) is 4.38. The molecule has 1 heterocycles. The van der Waals surface area contributed by atoms with Crippen LogP contribution in [-0.4, -0.2) is 20.2 Å². The molecule has 1 N–H and O–H groups in total. The predicted octanol–water partition coefficient (Wildman–Crippen LogP) is 2.79. The second-order valence-electron chi connectivity index (χ2n) is 4.38. The molecule has 1 fully saturated rings. The third-order valence-corrected chi connectivity index (χ3v) is 3.33. The molecule has 2 rings (SSSR count). The Morgan fingerprint density at radius 2 is 1.76 bits per heavy atom. The lowest BCUT2D eigenvalue weighted by molar-refractivity contribution is -0.0753. The lowest BCUT2D eigenvalue weighted by atomic mass is 9.87. The number of hydrogen-bond donors (Lipinski definition) is 1. The van der Waals surface area contributed by atoms with Crippen LogP contribution in [0.25, 0.3) is 0 Å². The fraction of sp³-hybridized carbons (Fsp3) is 0.538. The summed E-state index contributed by atoms with van der Waals surface area (Å²) in [7, 11) is 1.53. The maximum atomic E-state index is 14.2. The van der Waals surface area contributed by atoms with Gasteiger partial charge < -0.3 is 10.1 Å². The fourth-order valence-electron chi connectivity index (χ4n) is 2.23. The van der Waals surface area contributed by atoms with Crippen molar-refractivity contribution in [1.29, 1.82) is 0 Å². The summed E-state index contributed by atoms with van der Waals surface area (Å²) in [5.41, 5.74) is 0.0881. The molecule has 0 radical (unpaired) electrons. The van der Waals surface area contributed by atoms with E-state index < -0.39 is 11.8 Å². The first-order valence-electron chi connectivity index (χ1n) is 5.87. The van der Waals surface area contributed by atoms with Crippen molar-refractivity contribution in [2.45, 2.75) is 18.8 Å². The summed E-state index contributed by atoms with van der Waals surface area (Å²) in [6.07, 6.45) is 1.05. The zero-order valence-electron chi connectivity index (χ0n) is 9.88. The quantitative estimate of drug-likeness (QED) is 0.878. The first-order valence-corrected chi connectivity index (χ1v) is 5.87. The van der Waals surface area contributed by atoms with Gasteiger partial charge in [0.15, 0.2) is 0 Å². The lowest BCUT2D eigenvalue weighted by Crippen LogP contribution is -2.36. The summed E-state index contributed by atoms with van der Waals surface area (Å²) in [5, 5.41) is 3.10. The molecule has 0 saturated carbocycles. The summed E-state index contributed by atoms with van der Waals surface area (Å²) in [6.45, 7) is 1.35. The molecule has 0 atom stereocenters. The zero-order valence-corrected chi connectivity index (χ0v) is 9.88. The molecule has 1 saturated heterocycles. The molecule has 0 unspecified atom stereocenters. The van der Waals surface area contributed by atoms with E-state index in [9.17, 15) is 8.78 Å². The summed E-state index contributed by atoms with van der Waals surface area (Å²) in [4.78, 5) is 0. The molecule has 1 aromatic rings. The van der Waals surface area contributed by atoms with E-state index in [0.717, 1.165) is 0 Å².